The molecule has 1 aromatic rings. The molecule has 0 aliphatic carbocycles. The molecule has 0 saturated carbocycles. The van der Waals surface area contributed by atoms with Crippen LogP contribution in [0.1, 0.15) is 38.3 Å². The van der Waals surface area contributed by atoms with Crippen LogP contribution >= 0.6 is 0 Å². The molecule has 0 aliphatic heterocycles. The summed E-state index contributed by atoms with van der Waals surface area (Å²) >= 11 is 0. The summed E-state index contributed by atoms with van der Waals surface area (Å²) in [6.45, 7) is 4.57. The van der Waals surface area contributed by atoms with E-state index < -0.39 is 0 Å². The van der Waals surface area contributed by atoms with Crippen LogP contribution in [0, 0.1) is 0 Å². The van der Waals surface area contributed by atoms with Crippen LogP contribution < -0.4 is 10.6 Å². The molecule has 1 aromatic carbocycles. The maximum absolute atomic E-state index is 11.8. The monoisotopic (exact) mass is 264 g/mol. The molecule has 0 aliphatic rings. The van der Waals surface area contributed by atoms with Crippen molar-refractivity contribution in [3.63, 3.8) is 0 Å². The maximum Gasteiger partial charge on any atom is 0.236 e. The van der Waals surface area contributed by atoms with Crippen LogP contribution in [-0.4, -0.2) is 30.2 Å². The minimum absolute atomic E-state index is 0.0252. The van der Waals surface area contributed by atoms with Crippen LogP contribution in [0.4, 0.5) is 0 Å². The molecule has 2 atom stereocenters. The average molecular weight is 264 g/mol. The summed E-state index contributed by atoms with van der Waals surface area (Å²) in [5.41, 5.74) is 0.984. The van der Waals surface area contributed by atoms with Crippen molar-refractivity contribution in [1.29, 1.82) is 0 Å². The highest BCUT2D eigenvalue weighted by Gasteiger charge is 2.17. The summed E-state index contributed by atoms with van der Waals surface area (Å²) in [5, 5.41) is 15.5. The summed E-state index contributed by atoms with van der Waals surface area (Å²) in [4.78, 5) is 11.8. The third-order valence-electron chi connectivity index (χ3n) is 3.06. The zero-order valence-electron chi connectivity index (χ0n) is 11.7. The first kappa shape index (κ1) is 15.7. The van der Waals surface area contributed by atoms with Gasteiger partial charge in [-0.15, -0.1) is 0 Å². The van der Waals surface area contributed by atoms with E-state index in [1.54, 1.807) is 0 Å². The summed E-state index contributed by atoms with van der Waals surface area (Å²) in [5.74, 6) is -0.0252. The minimum Gasteiger partial charge on any atom is -0.394 e. The van der Waals surface area contributed by atoms with Crippen molar-refractivity contribution in [2.45, 2.75) is 38.8 Å². The van der Waals surface area contributed by atoms with Crippen LogP contribution in [-0.2, 0) is 4.79 Å². The number of aliphatic hydroxyl groups excluding tert-OH is 1. The lowest BCUT2D eigenvalue weighted by molar-refractivity contribution is -0.123. The summed E-state index contributed by atoms with van der Waals surface area (Å²) in [7, 11) is 0. The molecule has 106 valence electrons. The van der Waals surface area contributed by atoms with Crippen molar-refractivity contribution in [1.82, 2.24) is 10.6 Å². The summed E-state index contributed by atoms with van der Waals surface area (Å²) in [6.07, 6.45) is 2.05. The first-order chi connectivity index (χ1) is 9.19. The number of unbranched alkanes of at least 4 members (excludes halogenated alkanes) is 1. The van der Waals surface area contributed by atoms with Gasteiger partial charge in [-0.3, -0.25) is 10.1 Å². The molecule has 1 rings (SSSR count). The third kappa shape index (κ3) is 5.41. The Morgan fingerprint density at radius 1 is 1.32 bits per heavy atom. The number of carbonyl (C=O) groups is 1. The molecule has 0 fully saturated rings. The largest absolute Gasteiger partial charge is 0.394 e. The van der Waals surface area contributed by atoms with Gasteiger partial charge >= 0.3 is 0 Å². The second-order valence-corrected chi connectivity index (χ2v) is 4.68. The van der Waals surface area contributed by atoms with Crippen molar-refractivity contribution in [2.75, 3.05) is 13.2 Å². The Hall–Kier alpha value is -1.39. The van der Waals surface area contributed by atoms with E-state index >= 15 is 0 Å². The van der Waals surface area contributed by atoms with E-state index in [4.69, 9.17) is 0 Å². The SMILES string of the molecule is CCCCNC(=O)C(C)NC(CO)c1ccccc1. The van der Waals surface area contributed by atoms with Crippen LogP contribution in [0.3, 0.4) is 0 Å². The number of hydrogen-bond acceptors (Lipinski definition) is 3. The Morgan fingerprint density at radius 3 is 2.58 bits per heavy atom. The Bertz CT molecular complexity index is 368. The smallest absolute Gasteiger partial charge is 0.236 e. The Morgan fingerprint density at radius 2 is 2.00 bits per heavy atom. The number of aliphatic hydroxyl groups is 1. The van der Waals surface area contributed by atoms with E-state index in [1.807, 2.05) is 37.3 Å². The van der Waals surface area contributed by atoms with Gasteiger partial charge in [-0.05, 0) is 18.9 Å². The predicted molar refractivity (Wildman–Crippen MR) is 76.8 cm³/mol. The van der Waals surface area contributed by atoms with Crippen molar-refractivity contribution < 1.29 is 9.90 Å². The fraction of sp³-hybridized carbons (Fsp3) is 0.533. The molecule has 3 N–H and O–H groups in total. The lowest BCUT2D eigenvalue weighted by Crippen LogP contribution is -2.44. The van der Waals surface area contributed by atoms with Crippen molar-refractivity contribution in [3.8, 4) is 0 Å². The van der Waals surface area contributed by atoms with E-state index in [9.17, 15) is 9.90 Å². The topological polar surface area (TPSA) is 61.4 Å². The molecule has 4 nitrogen and oxygen atoms in total. The number of carbonyl (C=O) groups excluding carboxylic acids is 1. The first-order valence-electron chi connectivity index (χ1n) is 6.88. The highest BCUT2D eigenvalue weighted by atomic mass is 16.3. The fourth-order valence-corrected chi connectivity index (χ4v) is 1.86. The van der Waals surface area contributed by atoms with Gasteiger partial charge < -0.3 is 10.4 Å². The highest BCUT2D eigenvalue weighted by molar-refractivity contribution is 5.81. The van der Waals surface area contributed by atoms with Crippen molar-refractivity contribution in [3.05, 3.63) is 35.9 Å². The quantitative estimate of drug-likeness (QED) is 0.625. The van der Waals surface area contributed by atoms with Gasteiger partial charge in [-0.2, -0.15) is 0 Å². The lowest BCUT2D eigenvalue weighted by Gasteiger charge is -2.21. The van der Waals surface area contributed by atoms with Gasteiger partial charge in [0.25, 0.3) is 0 Å². The molecule has 0 spiro atoms. The highest BCUT2D eigenvalue weighted by Crippen LogP contribution is 2.12. The first-order valence-corrected chi connectivity index (χ1v) is 6.88. The molecule has 0 bridgehead atoms. The fourth-order valence-electron chi connectivity index (χ4n) is 1.86. The van der Waals surface area contributed by atoms with Gasteiger partial charge in [0.2, 0.25) is 5.91 Å². The summed E-state index contributed by atoms with van der Waals surface area (Å²) in [6, 6.07) is 9.11. The van der Waals surface area contributed by atoms with Gasteiger partial charge in [-0.25, -0.2) is 0 Å². The van der Waals surface area contributed by atoms with Gasteiger partial charge in [0.15, 0.2) is 0 Å². The standard InChI is InChI=1S/C15H24N2O2/c1-3-4-10-16-15(19)12(2)17-14(11-18)13-8-6-5-7-9-13/h5-9,12,14,17-18H,3-4,10-11H2,1-2H3,(H,16,19). The molecule has 0 aromatic heterocycles. The third-order valence-corrected chi connectivity index (χ3v) is 3.06. The van der Waals surface area contributed by atoms with Crippen molar-refractivity contribution in [2.24, 2.45) is 0 Å². The van der Waals surface area contributed by atoms with Gasteiger partial charge in [0.1, 0.15) is 0 Å². The van der Waals surface area contributed by atoms with Crippen molar-refractivity contribution >= 4 is 5.91 Å². The van der Waals surface area contributed by atoms with Gasteiger partial charge in [0.05, 0.1) is 18.7 Å². The molecule has 19 heavy (non-hydrogen) atoms. The molecular formula is C15H24N2O2. The van der Waals surface area contributed by atoms with Crippen LogP contribution in [0.25, 0.3) is 0 Å². The van der Waals surface area contributed by atoms with E-state index in [0.29, 0.717) is 6.54 Å². The van der Waals surface area contributed by atoms with E-state index in [0.717, 1.165) is 18.4 Å². The second-order valence-electron chi connectivity index (χ2n) is 4.68. The van der Waals surface area contributed by atoms with E-state index in [-0.39, 0.29) is 24.6 Å². The lowest BCUT2D eigenvalue weighted by atomic mass is 10.1. The molecule has 2 unspecified atom stereocenters. The molecule has 1 amide bonds. The minimum atomic E-state index is -0.325. The second kappa shape index (κ2) is 8.67. The Balaban J connectivity index is 2.49. The molecule has 0 saturated heterocycles. The average Bonchev–Trinajstić information content (AvgIpc) is 2.45. The molecular weight excluding hydrogens is 240 g/mol. The predicted octanol–water partition coefficient (Wildman–Crippen LogP) is 1.61. The van der Waals surface area contributed by atoms with Crippen LogP contribution in [0.5, 0.6) is 0 Å². The number of nitrogens with one attached hydrogen (secondary N) is 2. The number of benzene rings is 1. The zero-order chi connectivity index (χ0) is 14.1. The van der Waals surface area contributed by atoms with E-state index in [2.05, 4.69) is 17.6 Å². The summed E-state index contributed by atoms with van der Waals surface area (Å²) < 4.78 is 0. The maximum atomic E-state index is 11.8. The normalized spacial score (nSPS) is 13.8. The zero-order valence-corrected chi connectivity index (χ0v) is 11.7. The van der Waals surface area contributed by atoms with Crippen LogP contribution in [0.2, 0.25) is 0 Å². The number of hydrogen-bond donors (Lipinski definition) is 3. The molecule has 0 radical (unpaired) electrons. The number of amides is 1. The van der Waals surface area contributed by atoms with E-state index in [1.165, 1.54) is 0 Å². The van der Waals surface area contributed by atoms with Gasteiger partial charge in [0, 0.05) is 6.54 Å². The molecule has 0 heterocycles. The molecule has 4 heteroatoms. The number of rotatable bonds is 8. The van der Waals surface area contributed by atoms with Gasteiger partial charge in [-0.1, -0.05) is 43.7 Å². The Kier molecular flexibility index (Phi) is 7.15. The Labute approximate surface area is 115 Å². The van der Waals surface area contributed by atoms with Crippen LogP contribution in [0.15, 0.2) is 30.3 Å².